The van der Waals surface area contributed by atoms with Crippen LogP contribution in [-0.4, -0.2) is 13.4 Å². The summed E-state index contributed by atoms with van der Waals surface area (Å²) in [5.41, 5.74) is 3.05. The van der Waals surface area contributed by atoms with Gasteiger partial charge < -0.3 is 0 Å². The van der Waals surface area contributed by atoms with Crippen LogP contribution >= 0.6 is 0 Å². The van der Waals surface area contributed by atoms with E-state index >= 15 is 0 Å². The zero-order chi connectivity index (χ0) is 18.1. The van der Waals surface area contributed by atoms with Crippen molar-refractivity contribution >= 4 is 20.7 Å². The Labute approximate surface area is 152 Å². The van der Waals surface area contributed by atoms with Gasteiger partial charge in [-0.25, -0.2) is 13.4 Å². The summed E-state index contributed by atoms with van der Waals surface area (Å²) < 4.78 is 26.7. The van der Waals surface area contributed by atoms with Crippen LogP contribution in [0.4, 0.5) is 0 Å². The van der Waals surface area contributed by atoms with Gasteiger partial charge in [-0.1, -0.05) is 66.2 Å². The number of aromatic nitrogens is 1. The second-order valence-electron chi connectivity index (χ2n) is 6.21. The highest BCUT2D eigenvalue weighted by molar-refractivity contribution is 7.91. The van der Waals surface area contributed by atoms with Gasteiger partial charge in [0.15, 0.2) is 0 Å². The maximum Gasteiger partial charge on any atom is 0.208 e. The number of para-hydroxylation sites is 1. The van der Waals surface area contributed by atoms with E-state index in [1.54, 1.807) is 18.2 Å². The maximum absolute atomic E-state index is 13.3. The van der Waals surface area contributed by atoms with Gasteiger partial charge in [0.2, 0.25) is 9.84 Å². The molecule has 0 aliphatic carbocycles. The summed E-state index contributed by atoms with van der Waals surface area (Å²) in [5.74, 6) is 0. The van der Waals surface area contributed by atoms with E-state index in [1.807, 2.05) is 73.7 Å². The van der Waals surface area contributed by atoms with E-state index in [2.05, 4.69) is 4.98 Å². The topological polar surface area (TPSA) is 47.0 Å². The lowest BCUT2D eigenvalue weighted by molar-refractivity contribution is 0.596. The molecule has 3 aromatic carbocycles. The molecule has 0 saturated carbocycles. The highest BCUT2D eigenvalue weighted by atomic mass is 32.2. The van der Waals surface area contributed by atoms with Gasteiger partial charge in [-0.05, 0) is 31.2 Å². The molecule has 0 aliphatic rings. The molecule has 1 aromatic heterocycles. The molecule has 0 bridgehead atoms. The van der Waals surface area contributed by atoms with Crippen molar-refractivity contribution in [3.8, 4) is 11.3 Å². The van der Waals surface area contributed by atoms with Crippen molar-refractivity contribution in [3.63, 3.8) is 0 Å². The highest BCUT2D eigenvalue weighted by Gasteiger charge is 2.24. The monoisotopic (exact) mass is 359 g/mol. The normalized spacial score (nSPS) is 11.6. The van der Waals surface area contributed by atoms with E-state index in [4.69, 9.17) is 0 Å². The Balaban J connectivity index is 2.03. The third kappa shape index (κ3) is 2.89. The molecule has 0 amide bonds. The summed E-state index contributed by atoms with van der Waals surface area (Å²) in [6.45, 7) is 1.93. The second kappa shape index (κ2) is 6.39. The van der Waals surface area contributed by atoms with Crippen molar-refractivity contribution in [2.75, 3.05) is 0 Å². The van der Waals surface area contributed by atoms with Gasteiger partial charge in [-0.3, -0.25) is 0 Å². The van der Waals surface area contributed by atoms with E-state index in [9.17, 15) is 8.42 Å². The first-order valence-corrected chi connectivity index (χ1v) is 9.81. The molecular weight excluding hydrogens is 342 g/mol. The molecular formula is C22H17NO2S. The minimum atomic E-state index is -3.69. The number of benzene rings is 3. The third-order valence-corrected chi connectivity index (χ3v) is 6.14. The number of hydrogen-bond donors (Lipinski definition) is 0. The van der Waals surface area contributed by atoms with Gasteiger partial charge in [0.25, 0.3) is 0 Å². The summed E-state index contributed by atoms with van der Waals surface area (Å²) >= 11 is 0. The molecule has 4 heteroatoms. The first-order valence-electron chi connectivity index (χ1n) is 8.33. The Morgan fingerprint density at radius 1 is 0.769 bits per heavy atom. The van der Waals surface area contributed by atoms with E-state index < -0.39 is 9.84 Å². The molecule has 0 N–H and O–H groups in total. The largest absolute Gasteiger partial charge is 0.246 e. The fourth-order valence-corrected chi connectivity index (χ4v) is 4.40. The van der Waals surface area contributed by atoms with Crippen LogP contribution in [-0.2, 0) is 9.84 Å². The van der Waals surface area contributed by atoms with Crippen molar-refractivity contribution < 1.29 is 8.42 Å². The third-order valence-electron chi connectivity index (χ3n) is 4.36. The second-order valence-corrected chi connectivity index (χ2v) is 8.13. The Hall–Kier alpha value is -2.98. The average molecular weight is 359 g/mol. The molecule has 4 aromatic rings. The predicted octanol–water partition coefficient (Wildman–Crippen LogP) is 5.04. The zero-order valence-electron chi connectivity index (χ0n) is 14.3. The highest BCUT2D eigenvalue weighted by Crippen LogP contribution is 2.32. The first kappa shape index (κ1) is 16.5. The number of hydrogen-bond acceptors (Lipinski definition) is 3. The van der Waals surface area contributed by atoms with Crippen molar-refractivity contribution in [1.82, 2.24) is 4.98 Å². The van der Waals surface area contributed by atoms with Gasteiger partial charge in [0, 0.05) is 10.9 Å². The summed E-state index contributed by atoms with van der Waals surface area (Å²) in [6, 6.07) is 25.6. The molecule has 3 nitrogen and oxygen atoms in total. The van der Waals surface area contributed by atoms with Crippen LogP contribution in [0.5, 0.6) is 0 Å². The van der Waals surface area contributed by atoms with Crippen LogP contribution < -0.4 is 0 Å². The lowest BCUT2D eigenvalue weighted by atomic mass is 10.1. The zero-order valence-corrected chi connectivity index (χ0v) is 15.1. The first-order chi connectivity index (χ1) is 12.6. The fourth-order valence-electron chi connectivity index (χ4n) is 2.95. The predicted molar refractivity (Wildman–Crippen MR) is 104 cm³/mol. The molecule has 0 saturated heterocycles. The number of rotatable bonds is 3. The minimum Gasteiger partial charge on any atom is -0.246 e. The molecule has 0 atom stereocenters. The molecule has 128 valence electrons. The van der Waals surface area contributed by atoms with Crippen LogP contribution in [0.3, 0.4) is 0 Å². The number of nitrogens with zero attached hydrogens (tertiary/aromatic N) is 1. The quantitative estimate of drug-likeness (QED) is 0.515. The van der Waals surface area contributed by atoms with Crippen molar-refractivity contribution in [1.29, 1.82) is 0 Å². The van der Waals surface area contributed by atoms with E-state index in [0.29, 0.717) is 5.69 Å². The Morgan fingerprint density at radius 2 is 1.42 bits per heavy atom. The molecule has 1 heterocycles. The van der Waals surface area contributed by atoms with Crippen molar-refractivity contribution in [2.45, 2.75) is 16.7 Å². The van der Waals surface area contributed by atoms with Gasteiger partial charge in [0.1, 0.15) is 0 Å². The van der Waals surface area contributed by atoms with Crippen molar-refractivity contribution in [3.05, 3.63) is 90.5 Å². The van der Waals surface area contributed by atoms with E-state index in [1.165, 1.54) is 0 Å². The van der Waals surface area contributed by atoms with Crippen LogP contribution in [0.25, 0.3) is 22.2 Å². The Kier molecular flexibility index (Phi) is 4.05. The fraction of sp³-hybridized carbons (Fsp3) is 0.0455. The Bertz CT molecular complexity index is 1180. The van der Waals surface area contributed by atoms with Gasteiger partial charge in [-0.2, -0.15) is 0 Å². The molecule has 0 aliphatic heterocycles. The molecule has 4 rings (SSSR count). The van der Waals surface area contributed by atoms with Crippen LogP contribution in [0.2, 0.25) is 0 Å². The standard InChI is InChI=1S/C22H17NO2S/c1-16-11-13-19(14-12-16)26(24,25)21-15-18-9-5-6-10-20(18)23-22(21)17-7-3-2-4-8-17/h2-15H,1H3. The van der Waals surface area contributed by atoms with E-state index in [-0.39, 0.29) is 9.79 Å². The lowest BCUT2D eigenvalue weighted by Crippen LogP contribution is -2.06. The van der Waals surface area contributed by atoms with Crippen LogP contribution in [0.15, 0.2) is 94.7 Å². The molecule has 26 heavy (non-hydrogen) atoms. The summed E-state index contributed by atoms with van der Waals surface area (Å²) in [5, 5.41) is 0.804. The molecule has 0 unspecified atom stereocenters. The smallest absolute Gasteiger partial charge is 0.208 e. The average Bonchev–Trinajstić information content (AvgIpc) is 2.68. The molecule has 0 fully saturated rings. The van der Waals surface area contributed by atoms with E-state index in [0.717, 1.165) is 22.0 Å². The van der Waals surface area contributed by atoms with Crippen molar-refractivity contribution in [2.24, 2.45) is 0 Å². The van der Waals surface area contributed by atoms with Gasteiger partial charge in [-0.15, -0.1) is 0 Å². The SMILES string of the molecule is Cc1ccc(S(=O)(=O)c2cc3ccccc3nc2-c2ccccc2)cc1. The molecule has 0 spiro atoms. The van der Waals surface area contributed by atoms with Gasteiger partial charge in [0.05, 0.1) is 21.0 Å². The summed E-state index contributed by atoms with van der Waals surface area (Å²) in [4.78, 5) is 5.18. The van der Waals surface area contributed by atoms with Gasteiger partial charge >= 0.3 is 0 Å². The number of aryl methyl sites for hydroxylation is 1. The van der Waals surface area contributed by atoms with Crippen LogP contribution in [0, 0.1) is 6.92 Å². The number of sulfone groups is 1. The lowest BCUT2D eigenvalue weighted by Gasteiger charge is -2.12. The summed E-state index contributed by atoms with van der Waals surface area (Å²) in [6.07, 6.45) is 0. The molecule has 0 radical (unpaired) electrons. The number of fused-ring (bicyclic) bond motifs is 1. The summed E-state index contributed by atoms with van der Waals surface area (Å²) in [7, 11) is -3.69. The van der Waals surface area contributed by atoms with Crippen LogP contribution in [0.1, 0.15) is 5.56 Å². The minimum absolute atomic E-state index is 0.228. The maximum atomic E-state index is 13.3. The Morgan fingerprint density at radius 3 is 2.15 bits per heavy atom. The number of pyridine rings is 1.